The molecule has 0 aromatic carbocycles. The molecular weight excluding hydrogens is 320 g/mol. The fourth-order valence-corrected chi connectivity index (χ4v) is 1.59. The second-order valence-electron chi connectivity index (χ2n) is 5.84. The van der Waals surface area contributed by atoms with Gasteiger partial charge in [-0.05, 0) is 19.8 Å². The lowest BCUT2D eigenvalue weighted by Gasteiger charge is -2.23. The summed E-state index contributed by atoms with van der Waals surface area (Å²) in [6.45, 7) is 5.54. The van der Waals surface area contributed by atoms with E-state index in [1.807, 2.05) is 0 Å². The molecular formula is C14H26N4O6. The van der Waals surface area contributed by atoms with Crippen LogP contribution in [0.3, 0.4) is 0 Å². The second kappa shape index (κ2) is 9.83. The van der Waals surface area contributed by atoms with Crippen molar-refractivity contribution in [1.29, 1.82) is 0 Å². The van der Waals surface area contributed by atoms with Gasteiger partial charge in [-0.25, -0.2) is 0 Å². The lowest BCUT2D eigenvalue weighted by atomic mass is 10.0. The molecule has 0 aromatic heterocycles. The van der Waals surface area contributed by atoms with Crippen LogP contribution >= 0.6 is 0 Å². The highest BCUT2D eigenvalue weighted by molar-refractivity contribution is 5.92. The average Bonchev–Trinajstić information content (AvgIpc) is 2.48. The molecule has 10 nitrogen and oxygen atoms in total. The molecule has 3 amide bonds. The summed E-state index contributed by atoms with van der Waals surface area (Å²) in [4.78, 5) is 46.0. The quantitative estimate of drug-likeness (QED) is 0.269. The number of nitrogens with one attached hydrogen (secondary N) is 3. The van der Waals surface area contributed by atoms with Crippen LogP contribution in [0.25, 0.3) is 0 Å². The third-order valence-corrected chi connectivity index (χ3v) is 3.25. The third kappa shape index (κ3) is 7.38. The molecule has 0 bridgehead atoms. The van der Waals surface area contributed by atoms with Crippen LogP contribution < -0.4 is 21.7 Å². The van der Waals surface area contributed by atoms with Crippen molar-refractivity contribution in [3.05, 3.63) is 0 Å². The van der Waals surface area contributed by atoms with E-state index in [1.165, 1.54) is 13.8 Å². The number of aliphatic hydroxyl groups is 1. The number of hydrogen-bond donors (Lipinski definition) is 6. The number of nitrogens with two attached hydrogens (primary N) is 1. The van der Waals surface area contributed by atoms with Gasteiger partial charge in [-0.2, -0.15) is 0 Å². The Bertz CT molecular complexity index is 480. The van der Waals surface area contributed by atoms with E-state index in [1.54, 1.807) is 13.8 Å². The normalized spacial score (nSPS) is 15.8. The Morgan fingerprint density at radius 3 is 1.96 bits per heavy atom. The van der Waals surface area contributed by atoms with Crippen molar-refractivity contribution in [3.63, 3.8) is 0 Å². The second-order valence-corrected chi connectivity index (χ2v) is 5.84. The summed E-state index contributed by atoms with van der Waals surface area (Å²) in [6, 6.07) is -3.24. The van der Waals surface area contributed by atoms with Gasteiger partial charge in [0.2, 0.25) is 17.7 Å². The van der Waals surface area contributed by atoms with Crippen molar-refractivity contribution < 1.29 is 29.4 Å². The zero-order valence-electron chi connectivity index (χ0n) is 14.2. The van der Waals surface area contributed by atoms with Crippen molar-refractivity contribution in [3.8, 4) is 0 Å². The van der Waals surface area contributed by atoms with Gasteiger partial charge >= 0.3 is 5.97 Å². The smallest absolute Gasteiger partial charge is 0.325 e. The largest absolute Gasteiger partial charge is 0.480 e. The van der Waals surface area contributed by atoms with Crippen LogP contribution in [-0.2, 0) is 19.2 Å². The molecule has 24 heavy (non-hydrogen) atoms. The maximum atomic E-state index is 12.0. The molecule has 0 heterocycles. The highest BCUT2D eigenvalue weighted by Crippen LogP contribution is 2.00. The van der Waals surface area contributed by atoms with E-state index in [-0.39, 0.29) is 5.92 Å². The number of carboxylic acid groups (broad SMARTS) is 1. The Hall–Kier alpha value is -2.20. The fourth-order valence-electron chi connectivity index (χ4n) is 1.59. The molecule has 10 heteroatoms. The monoisotopic (exact) mass is 346 g/mol. The van der Waals surface area contributed by atoms with Crippen LogP contribution in [0.1, 0.15) is 27.7 Å². The molecule has 0 spiro atoms. The van der Waals surface area contributed by atoms with E-state index in [9.17, 15) is 24.3 Å². The molecule has 0 aromatic rings. The first-order valence-corrected chi connectivity index (χ1v) is 7.51. The van der Waals surface area contributed by atoms with Gasteiger partial charge in [0, 0.05) is 0 Å². The number of hydrogen-bond acceptors (Lipinski definition) is 6. The molecule has 0 saturated carbocycles. The molecule has 138 valence electrons. The minimum absolute atomic E-state index is 0.161. The van der Waals surface area contributed by atoms with Crippen LogP contribution in [-0.4, -0.2) is 64.7 Å². The first-order valence-electron chi connectivity index (χ1n) is 7.51. The summed E-state index contributed by atoms with van der Waals surface area (Å²) in [5.41, 5.74) is 5.67. The van der Waals surface area contributed by atoms with Gasteiger partial charge in [-0.15, -0.1) is 0 Å². The lowest BCUT2D eigenvalue weighted by Crippen LogP contribution is -2.57. The number of carbonyl (C=O) groups is 4. The standard InChI is InChI=1S/C14H26N4O6/c1-6(2)10(15)12(21)18-11(8(4)19)13(22)16-5-9(20)17-7(3)14(23)24/h6-8,10-11,19H,5,15H2,1-4H3,(H,16,22)(H,17,20)(H,18,21)(H,23,24). The molecule has 0 fully saturated rings. The van der Waals surface area contributed by atoms with Crippen molar-refractivity contribution in [1.82, 2.24) is 16.0 Å². The van der Waals surface area contributed by atoms with Gasteiger partial charge in [-0.3, -0.25) is 19.2 Å². The summed E-state index contributed by atoms with van der Waals surface area (Å²) in [7, 11) is 0. The topological polar surface area (TPSA) is 171 Å². The molecule has 0 aliphatic carbocycles. The number of carbonyl (C=O) groups excluding carboxylic acids is 3. The number of carboxylic acids is 1. The summed E-state index contributed by atoms with van der Waals surface area (Å²) < 4.78 is 0. The van der Waals surface area contributed by atoms with E-state index in [4.69, 9.17) is 10.8 Å². The van der Waals surface area contributed by atoms with Gasteiger partial charge in [0.15, 0.2) is 0 Å². The molecule has 0 radical (unpaired) electrons. The van der Waals surface area contributed by atoms with Crippen molar-refractivity contribution in [2.45, 2.75) is 51.9 Å². The van der Waals surface area contributed by atoms with Crippen LogP contribution in [0.5, 0.6) is 0 Å². The zero-order chi connectivity index (χ0) is 19.0. The Morgan fingerprint density at radius 2 is 1.54 bits per heavy atom. The van der Waals surface area contributed by atoms with Crippen LogP contribution in [0, 0.1) is 5.92 Å². The highest BCUT2D eigenvalue weighted by atomic mass is 16.4. The Kier molecular flexibility index (Phi) is 8.93. The minimum atomic E-state index is -1.29. The van der Waals surface area contributed by atoms with Gasteiger partial charge < -0.3 is 31.9 Å². The number of rotatable bonds is 9. The molecule has 4 atom stereocenters. The summed E-state index contributed by atoms with van der Waals surface area (Å²) in [5.74, 6) is -3.48. The molecule has 7 N–H and O–H groups in total. The molecule has 4 unspecified atom stereocenters. The fraction of sp³-hybridized carbons (Fsp3) is 0.714. The van der Waals surface area contributed by atoms with Crippen LogP contribution in [0.4, 0.5) is 0 Å². The third-order valence-electron chi connectivity index (χ3n) is 3.25. The molecule has 0 aliphatic heterocycles. The summed E-state index contributed by atoms with van der Waals surface area (Å²) in [5, 5.41) is 25.0. The van der Waals surface area contributed by atoms with E-state index in [0.717, 1.165) is 0 Å². The van der Waals surface area contributed by atoms with Crippen molar-refractivity contribution >= 4 is 23.7 Å². The van der Waals surface area contributed by atoms with Gasteiger partial charge in [0.1, 0.15) is 12.1 Å². The lowest BCUT2D eigenvalue weighted by molar-refractivity contribution is -0.141. The number of aliphatic carboxylic acids is 1. The van der Waals surface area contributed by atoms with Crippen LogP contribution in [0.2, 0.25) is 0 Å². The summed E-state index contributed by atoms with van der Waals surface area (Å²) in [6.07, 6.45) is -1.21. The molecule has 0 rings (SSSR count). The SMILES string of the molecule is CC(NC(=O)CNC(=O)C(NC(=O)C(N)C(C)C)C(C)O)C(=O)O. The van der Waals surface area contributed by atoms with E-state index >= 15 is 0 Å². The van der Waals surface area contributed by atoms with E-state index in [0.29, 0.717) is 0 Å². The highest BCUT2D eigenvalue weighted by Gasteiger charge is 2.29. The van der Waals surface area contributed by atoms with E-state index in [2.05, 4.69) is 16.0 Å². The first-order chi connectivity index (χ1) is 11.0. The minimum Gasteiger partial charge on any atom is -0.480 e. The molecule has 0 saturated heterocycles. The Morgan fingerprint density at radius 1 is 1.00 bits per heavy atom. The maximum Gasteiger partial charge on any atom is 0.325 e. The maximum absolute atomic E-state index is 12.0. The van der Waals surface area contributed by atoms with Gasteiger partial charge in [0.05, 0.1) is 18.7 Å². The van der Waals surface area contributed by atoms with Crippen LogP contribution in [0.15, 0.2) is 0 Å². The number of amides is 3. The predicted octanol–water partition coefficient (Wildman–Crippen LogP) is -2.46. The first kappa shape index (κ1) is 21.8. The average molecular weight is 346 g/mol. The van der Waals surface area contributed by atoms with E-state index < -0.39 is 54.5 Å². The zero-order valence-corrected chi connectivity index (χ0v) is 14.2. The summed E-state index contributed by atoms with van der Waals surface area (Å²) >= 11 is 0. The Labute approximate surface area is 140 Å². The van der Waals surface area contributed by atoms with Gasteiger partial charge in [-0.1, -0.05) is 13.8 Å². The number of aliphatic hydroxyl groups excluding tert-OH is 1. The molecule has 0 aliphatic rings. The van der Waals surface area contributed by atoms with Crippen molar-refractivity contribution in [2.24, 2.45) is 11.7 Å². The predicted molar refractivity (Wildman–Crippen MR) is 84.7 cm³/mol. The van der Waals surface area contributed by atoms with Crippen molar-refractivity contribution in [2.75, 3.05) is 6.54 Å². The Balaban J connectivity index is 4.63. The van der Waals surface area contributed by atoms with Gasteiger partial charge in [0.25, 0.3) is 0 Å².